The molecule has 2 unspecified atom stereocenters. The summed E-state index contributed by atoms with van der Waals surface area (Å²) in [6.45, 7) is 2.29. The molecule has 1 fully saturated rings. The van der Waals surface area contributed by atoms with Crippen molar-refractivity contribution in [2.24, 2.45) is 5.92 Å². The number of anilines is 2. The second-order valence-electron chi connectivity index (χ2n) is 5.09. The van der Waals surface area contributed by atoms with Gasteiger partial charge in [0.15, 0.2) is 5.65 Å². The minimum Gasteiger partial charge on any atom is -0.384 e. The molecule has 0 spiro atoms. The fourth-order valence-electron chi connectivity index (χ4n) is 2.60. The van der Waals surface area contributed by atoms with Crippen molar-refractivity contribution in [3.05, 3.63) is 18.5 Å². The second kappa shape index (κ2) is 4.40. The summed E-state index contributed by atoms with van der Waals surface area (Å²) < 4.78 is 0. The fourth-order valence-corrected chi connectivity index (χ4v) is 2.60. The second-order valence-corrected chi connectivity index (χ2v) is 5.09. The van der Waals surface area contributed by atoms with Crippen molar-refractivity contribution in [1.82, 2.24) is 15.0 Å². The van der Waals surface area contributed by atoms with E-state index >= 15 is 0 Å². The van der Waals surface area contributed by atoms with Gasteiger partial charge in [-0.25, -0.2) is 15.0 Å². The molecular formula is C13H17N5. The zero-order valence-corrected chi connectivity index (χ0v) is 10.4. The molecular weight excluding hydrogens is 226 g/mol. The third kappa shape index (κ3) is 2.08. The molecule has 2 atom stereocenters. The molecule has 2 aromatic rings. The topological polar surface area (TPSA) is 76.7 Å². The first-order valence-electron chi connectivity index (χ1n) is 6.36. The molecule has 5 heteroatoms. The largest absolute Gasteiger partial charge is 0.384 e. The van der Waals surface area contributed by atoms with Crippen molar-refractivity contribution in [1.29, 1.82) is 0 Å². The molecule has 0 amide bonds. The lowest BCUT2D eigenvalue weighted by atomic mass is 10.1. The summed E-state index contributed by atoms with van der Waals surface area (Å²) in [5.41, 5.74) is 6.32. The van der Waals surface area contributed by atoms with Gasteiger partial charge in [-0.1, -0.05) is 6.92 Å². The monoisotopic (exact) mass is 243 g/mol. The molecule has 3 N–H and O–H groups in total. The van der Waals surface area contributed by atoms with E-state index in [9.17, 15) is 0 Å². The summed E-state index contributed by atoms with van der Waals surface area (Å²) in [6, 6.07) is 4.22. The van der Waals surface area contributed by atoms with Gasteiger partial charge >= 0.3 is 0 Å². The average molecular weight is 243 g/mol. The van der Waals surface area contributed by atoms with E-state index in [0.717, 1.165) is 17.1 Å². The third-order valence-corrected chi connectivity index (χ3v) is 3.55. The van der Waals surface area contributed by atoms with Gasteiger partial charge in [-0.15, -0.1) is 0 Å². The average Bonchev–Trinajstić information content (AvgIpc) is 2.75. The molecule has 0 bridgehead atoms. The van der Waals surface area contributed by atoms with Gasteiger partial charge in [-0.3, -0.25) is 0 Å². The minimum atomic E-state index is 0.488. The number of nitrogens with two attached hydrogens (primary N) is 1. The maximum Gasteiger partial charge on any atom is 0.166 e. The zero-order valence-electron chi connectivity index (χ0n) is 10.4. The van der Waals surface area contributed by atoms with Crippen molar-refractivity contribution < 1.29 is 0 Å². The Balaban J connectivity index is 1.92. The van der Waals surface area contributed by atoms with Gasteiger partial charge in [0.1, 0.15) is 18.0 Å². The van der Waals surface area contributed by atoms with Gasteiger partial charge in [0, 0.05) is 6.04 Å². The zero-order chi connectivity index (χ0) is 12.5. The van der Waals surface area contributed by atoms with Crippen LogP contribution in [-0.4, -0.2) is 21.0 Å². The van der Waals surface area contributed by atoms with E-state index in [-0.39, 0.29) is 0 Å². The molecule has 0 radical (unpaired) electrons. The van der Waals surface area contributed by atoms with E-state index < -0.39 is 0 Å². The summed E-state index contributed by atoms with van der Waals surface area (Å²) in [6.07, 6.45) is 5.23. The third-order valence-electron chi connectivity index (χ3n) is 3.55. The Morgan fingerprint density at radius 3 is 2.94 bits per heavy atom. The molecule has 94 valence electrons. The molecule has 1 aliphatic carbocycles. The predicted octanol–water partition coefficient (Wildman–Crippen LogP) is 2.21. The van der Waals surface area contributed by atoms with E-state index in [1.165, 1.54) is 25.6 Å². The smallest absolute Gasteiger partial charge is 0.166 e. The van der Waals surface area contributed by atoms with Crippen LogP contribution in [0.25, 0.3) is 11.0 Å². The van der Waals surface area contributed by atoms with Crippen molar-refractivity contribution in [3.63, 3.8) is 0 Å². The Morgan fingerprint density at radius 2 is 2.17 bits per heavy atom. The van der Waals surface area contributed by atoms with Crippen molar-refractivity contribution in [3.8, 4) is 0 Å². The molecule has 5 nitrogen and oxygen atoms in total. The fraction of sp³-hybridized carbons (Fsp3) is 0.462. The molecule has 0 aromatic carbocycles. The quantitative estimate of drug-likeness (QED) is 0.845. The van der Waals surface area contributed by atoms with Crippen LogP contribution < -0.4 is 11.1 Å². The number of nitrogen functional groups attached to an aromatic ring is 1. The Morgan fingerprint density at radius 1 is 1.28 bits per heavy atom. The number of nitrogens with zero attached hydrogens (tertiary/aromatic N) is 3. The highest BCUT2D eigenvalue weighted by Gasteiger charge is 2.22. The van der Waals surface area contributed by atoms with Crippen LogP contribution in [0.4, 0.5) is 11.6 Å². The lowest BCUT2D eigenvalue weighted by Crippen LogP contribution is -2.16. The molecule has 18 heavy (non-hydrogen) atoms. The molecule has 2 heterocycles. The van der Waals surface area contributed by atoms with Crippen molar-refractivity contribution >= 4 is 22.7 Å². The van der Waals surface area contributed by atoms with Crippen LogP contribution in [0.15, 0.2) is 18.5 Å². The molecule has 0 aliphatic heterocycles. The highest BCUT2D eigenvalue weighted by molar-refractivity contribution is 5.87. The van der Waals surface area contributed by atoms with Gasteiger partial charge in [0.25, 0.3) is 0 Å². The Hall–Kier alpha value is -1.91. The number of pyridine rings is 1. The molecule has 1 saturated carbocycles. The number of hydrogen-bond donors (Lipinski definition) is 2. The van der Waals surface area contributed by atoms with Crippen LogP contribution in [0, 0.1) is 5.92 Å². The Bertz CT molecular complexity index is 568. The van der Waals surface area contributed by atoms with E-state index in [0.29, 0.717) is 17.5 Å². The number of aromatic nitrogens is 3. The van der Waals surface area contributed by atoms with E-state index in [1.54, 1.807) is 6.07 Å². The van der Waals surface area contributed by atoms with Crippen LogP contribution in [0.3, 0.4) is 0 Å². The van der Waals surface area contributed by atoms with Gasteiger partial charge in [0.2, 0.25) is 0 Å². The maximum absolute atomic E-state index is 5.66. The first-order chi connectivity index (χ1) is 8.72. The van der Waals surface area contributed by atoms with E-state index in [4.69, 9.17) is 5.73 Å². The number of rotatable bonds is 2. The summed E-state index contributed by atoms with van der Waals surface area (Å²) in [4.78, 5) is 12.7. The van der Waals surface area contributed by atoms with E-state index in [2.05, 4.69) is 27.2 Å². The van der Waals surface area contributed by atoms with Gasteiger partial charge in [-0.2, -0.15) is 0 Å². The van der Waals surface area contributed by atoms with Gasteiger partial charge in [0.05, 0.1) is 5.39 Å². The first-order valence-corrected chi connectivity index (χ1v) is 6.36. The van der Waals surface area contributed by atoms with Crippen molar-refractivity contribution in [2.45, 2.75) is 32.2 Å². The summed E-state index contributed by atoms with van der Waals surface area (Å²) in [5, 5.41) is 4.44. The standard InChI is InChI=1S/C13H17N5/c1-8-2-3-9(6-8)17-12-10-4-5-11(14)18-13(10)16-7-15-12/h4-5,7-9H,2-3,6H2,1H3,(H3,14,15,16,17,18). The first kappa shape index (κ1) is 11.2. The summed E-state index contributed by atoms with van der Waals surface area (Å²) >= 11 is 0. The molecule has 1 aliphatic rings. The SMILES string of the molecule is CC1CCC(Nc2ncnc3nc(N)ccc23)C1. The predicted molar refractivity (Wildman–Crippen MR) is 72.2 cm³/mol. The number of nitrogens with one attached hydrogen (secondary N) is 1. The van der Waals surface area contributed by atoms with Crippen LogP contribution in [0.1, 0.15) is 26.2 Å². The number of hydrogen-bond acceptors (Lipinski definition) is 5. The molecule has 3 rings (SSSR count). The highest BCUT2D eigenvalue weighted by atomic mass is 15.1. The van der Waals surface area contributed by atoms with Gasteiger partial charge < -0.3 is 11.1 Å². The van der Waals surface area contributed by atoms with Crippen molar-refractivity contribution in [2.75, 3.05) is 11.1 Å². The lowest BCUT2D eigenvalue weighted by Gasteiger charge is -2.14. The van der Waals surface area contributed by atoms with Crippen LogP contribution in [0.5, 0.6) is 0 Å². The van der Waals surface area contributed by atoms with Crippen LogP contribution in [-0.2, 0) is 0 Å². The summed E-state index contributed by atoms with van der Waals surface area (Å²) in [7, 11) is 0. The maximum atomic E-state index is 5.66. The van der Waals surface area contributed by atoms with E-state index in [1.807, 2.05) is 6.07 Å². The van der Waals surface area contributed by atoms with Crippen LogP contribution in [0.2, 0.25) is 0 Å². The molecule has 2 aromatic heterocycles. The molecule has 0 saturated heterocycles. The Kier molecular flexibility index (Phi) is 2.74. The normalized spacial score (nSPS) is 23.4. The van der Waals surface area contributed by atoms with Crippen LogP contribution >= 0.6 is 0 Å². The van der Waals surface area contributed by atoms with Gasteiger partial charge in [-0.05, 0) is 37.3 Å². The summed E-state index contributed by atoms with van der Waals surface area (Å²) in [5.74, 6) is 2.15. The number of fused-ring (bicyclic) bond motifs is 1. The Labute approximate surface area is 106 Å². The minimum absolute atomic E-state index is 0.488. The lowest BCUT2D eigenvalue weighted by molar-refractivity contribution is 0.602. The highest BCUT2D eigenvalue weighted by Crippen LogP contribution is 2.28.